The lowest BCUT2D eigenvalue weighted by Crippen LogP contribution is -2.35. The second-order valence-electron chi connectivity index (χ2n) is 9.30. The van der Waals surface area contributed by atoms with E-state index in [9.17, 15) is 18.0 Å². The number of alkyl halides is 3. The molecule has 1 fully saturated rings. The molecule has 3 heterocycles. The van der Waals surface area contributed by atoms with Gasteiger partial charge < -0.3 is 10.1 Å². The molecule has 1 atom stereocenters. The van der Waals surface area contributed by atoms with Crippen LogP contribution >= 0.6 is 11.9 Å². The average Bonchev–Trinajstić information content (AvgIpc) is 2.83. The first kappa shape index (κ1) is 26.3. The summed E-state index contributed by atoms with van der Waals surface area (Å²) in [5.41, 5.74) is 0.598. The standard InChI is InChI=1S/C26H31F3N4O2S/c1-15-12-19(17(3)31-22-7-6-16(2)30-24(22)26(27,28)29)20-14-23(32(4)25(34)21(20)13-15)35-18-8-10-33(36-5)11-9-18/h6-7,12-14,17-18,31H,8-11H2,1-5H3/t17-/m1/s1. The number of piperidine rings is 1. The number of nitrogens with zero attached hydrogens (tertiary/aromatic N) is 3. The summed E-state index contributed by atoms with van der Waals surface area (Å²) in [5, 5.41) is 4.15. The van der Waals surface area contributed by atoms with Gasteiger partial charge in [0.25, 0.3) is 5.56 Å². The normalized spacial score (nSPS) is 16.3. The highest BCUT2D eigenvalue weighted by Crippen LogP contribution is 2.36. The minimum absolute atomic E-state index is 0.00567. The third kappa shape index (κ3) is 5.49. The van der Waals surface area contributed by atoms with Crippen LogP contribution in [0.4, 0.5) is 18.9 Å². The molecule has 0 unspecified atom stereocenters. The molecule has 4 rings (SSSR count). The topological polar surface area (TPSA) is 59.4 Å². The van der Waals surface area contributed by atoms with Crippen molar-refractivity contribution in [2.24, 2.45) is 7.05 Å². The van der Waals surface area contributed by atoms with Crippen LogP contribution in [0.25, 0.3) is 10.8 Å². The molecule has 0 amide bonds. The monoisotopic (exact) mass is 520 g/mol. The van der Waals surface area contributed by atoms with E-state index in [0.717, 1.165) is 37.1 Å². The number of hydrogen-bond donors (Lipinski definition) is 1. The fourth-order valence-electron chi connectivity index (χ4n) is 4.64. The molecule has 0 aliphatic carbocycles. The van der Waals surface area contributed by atoms with Gasteiger partial charge in [-0.3, -0.25) is 13.7 Å². The number of rotatable bonds is 6. The lowest BCUT2D eigenvalue weighted by molar-refractivity contribution is -0.140. The van der Waals surface area contributed by atoms with E-state index in [2.05, 4.69) is 20.9 Å². The van der Waals surface area contributed by atoms with Gasteiger partial charge in [0.05, 0.1) is 5.69 Å². The van der Waals surface area contributed by atoms with Gasteiger partial charge in [0, 0.05) is 43.3 Å². The van der Waals surface area contributed by atoms with E-state index >= 15 is 0 Å². The van der Waals surface area contributed by atoms with Crippen molar-refractivity contribution in [3.05, 3.63) is 63.2 Å². The predicted octanol–water partition coefficient (Wildman–Crippen LogP) is 5.86. The van der Waals surface area contributed by atoms with Crippen molar-refractivity contribution in [1.29, 1.82) is 0 Å². The molecule has 1 saturated heterocycles. The maximum absolute atomic E-state index is 13.7. The molecule has 194 valence electrons. The van der Waals surface area contributed by atoms with Crippen LogP contribution in [0.3, 0.4) is 0 Å². The Balaban J connectivity index is 1.72. The summed E-state index contributed by atoms with van der Waals surface area (Å²) < 4.78 is 51.0. The van der Waals surface area contributed by atoms with E-state index in [1.807, 2.05) is 25.1 Å². The van der Waals surface area contributed by atoms with Crippen molar-refractivity contribution in [1.82, 2.24) is 13.9 Å². The number of ether oxygens (including phenoxy) is 1. The van der Waals surface area contributed by atoms with Gasteiger partial charge in [-0.2, -0.15) is 13.2 Å². The van der Waals surface area contributed by atoms with Crippen LogP contribution in [0.5, 0.6) is 5.88 Å². The SMILES string of the molecule is CSN1CCC(Oc2cc3c([C@@H](C)Nc4ccc(C)nc4C(F)(F)F)cc(C)cc3c(=O)n2C)CC1. The summed E-state index contributed by atoms with van der Waals surface area (Å²) in [5.74, 6) is 0.459. The molecule has 2 aromatic heterocycles. The first-order valence-electron chi connectivity index (χ1n) is 11.9. The highest BCUT2D eigenvalue weighted by atomic mass is 32.2. The van der Waals surface area contributed by atoms with Gasteiger partial charge in [-0.1, -0.05) is 18.0 Å². The van der Waals surface area contributed by atoms with E-state index in [4.69, 9.17) is 4.74 Å². The highest BCUT2D eigenvalue weighted by molar-refractivity contribution is 7.96. The number of halogens is 3. The Morgan fingerprint density at radius 1 is 1.14 bits per heavy atom. The number of aryl methyl sites for hydroxylation is 2. The average molecular weight is 521 g/mol. The largest absolute Gasteiger partial charge is 0.475 e. The van der Waals surface area contributed by atoms with Gasteiger partial charge in [0.2, 0.25) is 0 Å². The molecule has 36 heavy (non-hydrogen) atoms. The van der Waals surface area contributed by atoms with E-state index < -0.39 is 17.9 Å². The van der Waals surface area contributed by atoms with Gasteiger partial charge >= 0.3 is 6.18 Å². The summed E-state index contributed by atoms with van der Waals surface area (Å²) in [6.07, 6.45) is -0.837. The van der Waals surface area contributed by atoms with Crippen molar-refractivity contribution < 1.29 is 17.9 Å². The molecule has 0 bridgehead atoms. The Morgan fingerprint density at radius 3 is 2.47 bits per heavy atom. The van der Waals surface area contributed by atoms with Gasteiger partial charge in [0.1, 0.15) is 6.10 Å². The van der Waals surface area contributed by atoms with Crippen LogP contribution in [0.2, 0.25) is 0 Å². The summed E-state index contributed by atoms with van der Waals surface area (Å²) >= 11 is 1.71. The fourth-order valence-corrected chi connectivity index (χ4v) is 5.22. The second-order valence-corrected chi connectivity index (χ2v) is 10.2. The zero-order valence-electron chi connectivity index (χ0n) is 21.1. The van der Waals surface area contributed by atoms with Crippen LogP contribution in [-0.4, -0.2) is 39.3 Å². The highest BCUT2D eigenvalue weighted by Gasteiger charge is 2.36. The van der Waals surface area contributed by atoms with Gasteiger partial charge in [-0.25, -0.2) is 4.98 Å². The fraction of sp³-hybridized carbons (Fsp3) is 0.462. The quantitative estimate of drug-likeness (QED) is 0.411. The van der Waals surface area contributed by atoms with Crippen molar-refractivity contribution >= 4 is 28.4 Å². The number of hydrogen-bond acceptors (Lipinski definition) is 6. The molecule has 3 aromatic rings. The Labute approximate surface area is 213 Å². The first-order valence-corrected chi connectivity index (χ1v) is 13.1. The number of benzene rings is 1. The second kappa shape index (κ2) is 10.3. The van der Waals surface area contributed by atoms with Crippen LogP contribution < -0.4 is 15.6 Å². The van der Waals surface area contributed by atoms with Gasteiger partial charge in [0.15, 0.2) is 11.6 Å². The molecular weight excluding hydrogens is 489 g/mol. The number of anilines is 1. The first-order chi connectivity index (χ1) is 17.0. The smallest absolute Gasteiger partial charge is 0.435 e. The van der Waals surface area contributed by atoms with Gasteiger partial charge in [-0.15, -0.1) is 0 Å². The van der Waals surface area contributed by atoms with E-state index in [-0.39, 0.29) is 23.0 Å². The summed E-state index contributed by atoms with van der Waals surface area (Å²) in [4.78, 5) is 17.0. The Bertz CT molecular complexity index is 1320. The maximum atomic E-state index is 13.7. The lowest BCUT2D eigenvalue weighted by Gasteiger charge is -2.30. The van der Waals surface area contributed by atoms with Crippen LogP contribution in [0.15, 0.2) is 35.1 Å². The number of fused-ring (bicyclic) bond motifs is 1. The number of aromatic nitrogens is 2. The molecular formula is C26H31F3N4O2S. The zero-order valence-corrected chi connectivity index (χ0v) is 21.9. The molecule has 0 spiro atoms. The minimum Gasteiger partial charge on any atom is -0.475 e. The van der Waals surface area contributed by atoms with Crippen molar-refractivity contribution in [3.8, 4) is 5.88 Å². The van der Waals surface area contributed by atoms with Gasteiger partial charge in [-0.05, 0) is 74.6 Å². The molecule has 0 saturated carbocycles. The third-order valence-electron chi connectivity index (χ3n) is 6.58. The van der Waals surface area contributed by atoms with Crippen LogP contribution in [-0.2, 0) is 13.2 Å². The zero-order chi connectivity index (χ0) is 26.2. The number of pyridine rings is 2. The van der Waals surface area contributed by atoms with E-state index in [1.165, 1.54) is 17.6 Å². The minimum atomic E-state index is -4.59. The molecule has 1 aromatic carbocycles. The molecule has 6 nitrogen and oxygen atoms in total. The van der Waals surface area contributed by atoms with Crippen molar-refractivity contribution in [2.45, 2.75) is 51.9 Å². The summed E-state index contributed by atoms with van der Waals surface area (Å²) in [6, 6.07) is 7.96. The Morgan fingerprint density at radius 2 is 1.83 bits per heavy atom. The molecule has 10 heteroatoms. The third-order valence-corrected chi connectivity index (χ3v) is 7.46. The molecule has 1 aliphatic rings. The van der Waals surface area contributed by atoms with Crippen LogP contribution in [0.1, 0.15) is 48.3 Å². The summed E-state index contributed by atoms with van der Waals surface area (Å²) in [7, 11) is 1.69. The Hall–Kier alpha value is -2.72. The maximum Gasteiger partial charge on any atom is 0.435 e. The predicted molar refractivity (Wildman–Crippen MR) is 139 cm³/mol. The molecule has 1 aliphatic heterocycles. The molecule has 1 N–H and O–H groups in total. The van der Waals surface area contributed by atoms with Crippen molar-refractivity contribution in [2.75, 3.05) is 24.7 Å². The van der Waals surface area contributed by atoms with E-state index in [1.54, 1.807) is 32.0 Å². The number of nitrogens with one attached hydrogen (secondary N) is 1. The van der Waals surface area contributed by atoms with Crippen molar-refractivity contribution in [3.63, 3.8) is 0 Å². The van der Waals surface area contributed by atoms with Crippen LogP contribution in [0, 0.1) is 13.8 Å². The summed E-state index contributed by atoms with van der Waals surface area (Å²) in [6.45, 7) is 6.99. The molecule has 0 radical (unpaired) electrons. The Kier molecular flexibility index (Phi) is 7.56. The van der Waals surface area contributed by atoms with E-state index in [0.29, 0.717) is 16.7 Å². The lowest BCUT2D eigenvalue weighted by atomic mass is 9.97.